The lowest BCUT2D eigenvalue weighted by Gasteiger charge is -2.29. The van der Waals surface area contributed by atoms with Crippen molar-refractivity contribution < 1.29 is 35.9 Å². The third kappa shape index (κ3) is 10.0. The molecular formula is C33H42F6N2O2. The Kier molecular flexibility index (Phi) is 11.4. The Morgan fingerprint density at radius 1 is 1.02 bits per heavy atom. The zero-order valence-electron chi connectivity index (χ0n) is 25.1. The van der Waals surface area contributed by atoms with E-state index in [1.807, 2.05) is 19.9 Å². The first-order valence-corrected chi connectivity index (χ1v) is 14.8. The molecule has 0 aliphatic heterocycles. The summed E-state index contributed by atoms with van der Waals surface area (Å²) in [5, 5.41) is 3.01. The Balaban J connectivity index is 0.000000480. The zero-order chi connectivity index (χ0) is 32.0. The zero-order valence-corrected chi connectivity index (χ0v) is 25.1. The molecule has 2 aliphatic carbocycles. The number of alkyl halides is 6. The monoisotopic (exact) mass is 612 g/mol. The molecule has 3 unspecified atom stereocenters. The summed E-state index contributed by atoms with van der Waals surface area (Å²) in [5.74, 6) is 1.00. The molecule has 2 aliphatic rings. The van der Waals surface area contributed by atoms with Crippen LogP contribution in [-0.4, -0.2) is 24.4 Å². The molecule has 3 N–H and O–H groups in total. The maximum absolute atomic E-state index is 13.2. The third-order valence-electron chi connectivity index (χ3n) is 8.45. The Morgan fingerprint density at radius 3 is 2.09 bits per heavy atom. The minimum Gasteiger partial charge on any atom is -0.406 e. The summed E-state index contributed by atoms with van der Waals surface area (Å²) in [6.45, 7) is 8.34. The van der Waals surface area contributed by atoms with Crippen molar-refractivity contribution in [1.82, 2.24) is 5.32 Å². The van der Waals surface area contributed by atoms with Crippen molar-refractivity contribution in [3.05, 3.63) is 76.9 Å². The second-order valence-corrected chi connectivity index (χ2v) is 12.0. The molecule has 4 nitrogen and oxygen atoms in total. The van der Waals surface area contributed by atoms with Crippen molar-refractivity contribution in [1.29, 1.82) is 0 Å². The summed E-state index contributed by atoms with van der Waals surface area (Å²) in [5.41, 5.74) is 6.38. The molecule has 0 heterocycles. The van der Waals surface area contributed by atoms with Crippen LogP contribution in [0.25, 0.3) is 0 Å². The van der Waals surface area contributed by atoms with E-state index < -0.39 is 29.6 Å². The average Bonchev–Trinajstić information content (AvgIpc) is 3.73. The standard InChI is InChI=1S/C25H25F6NO2.C8H17N/c1-3-4-16(2)21(15-17-5-7-19(8-6-17)24(26,27)28)32-22(33)23(13-14-23)18-9-11-20(12-10-18)34-25(29,30)31;1-6-3-4-7(2)8(9)5-6/h4-12,21H,3,13-15H2,1-2H3,(H,32,33);6-8H,3-5,9H2,1-2H3/t21-;/m0./s1. The van der Waals surface area contributed by atoms with Gasteiger partial charge in [0.05, 0.1) is 17.0 Å². The van der Waals surface area contributed by atoms with Gasteiger partial charge in [0.2, 0.25) is 5.91 Å². The number of benzene rings is 2. The molecule has 0 radical (unpaired) electrons. The van der Waals surface area contributed by atoms with E-state index in [0.29, 0.717) is 36.4 Å². The highest BCUT2D eigenvalue weighted by Crippen LogP contribution is 2.49. The van der Waals surface area contributed by atoms with Crippen LogP contribution in [0.2, 0.25) is 0 Å². The fraction of sp³-hybridized carbons (Fsp3) is 0.545. The highest BCUT2D eigenvalue weighted by molar-refractivity contribution is 5.91. The Hall–Kier alpha value is -3.01. The van der Waals surface area contributed by atoms with Gasteiger partial charge in [0.15, 0.2) is 0 Å². The van der Waals surface area contributed by atoms with E-state index in [4.69, 9.17) is 5.73 Å². The molecule has 4 rings (SSSR count). The van der Waals surface area contributed by atoms with E-state index in [2.05, 4.69) is 23.9 Å². The molecule has 0 bridgehead atoms. The summed E-state index contributed by atoms with van der Waals surface area (Å²) in [6.07, 6.45) is -1.22. The van der Waals surface area contributed by atoms with Crippen LogP contribution < -0.4 is 15.8 Å². The summed E-state index contributed by atoms with van der Waals surface area (Å²) >= 11 is 0. The van der Waals surface area contributed by atoms with Gasteiger partial charge in [-0.1, -0.05) is 63.1 Å². The predicted molar refractivity (Wildman–Crippen MR) is 155 cm³/mol. The first-order chi connectivity index (χ1) is 20.0. The molecule has 2 aromatic rings. The van der Waals surface area contributed by atoms with Gasteiger partial charge in [0.25, 0.3) is 0 Å². The SMILES string of the molecule is CC1CCC(C)C(N)C1.CCC=C(C)[C@H](Cc1ccc(C(F)(F)F)cc1)NC(=O)C1(c2ccc(OC(F)(F)F)cc2)CC1. The van der Waals surface area contributed by atoms with Crippen molar-refractivity contribution in [2.45, 2.75) is 103 Å². The normalized spacial score (nSPS) is 22.6. The van der Waals surface area contributed by atoms with Crippen LogP contribution in [0.1, 0.15) is 82.9 Å². The number of amides is 1. The second kappa shape index (κ2) is 14.2. The number of rotatable bonds is 8. The lowest BCUT2D eigenvalue weighted by Crippen LogP contribution is -2.43. The van der Waals surface area contributed by atoms with Gasteiger partial charge >= 0.3 is 12.5 Å². The van der Waals surface area contributed by atoms with Crippen molar-refractivity contribution >= 4 is 5.91 Å². The molecule has 10 heteroatoms. The second-order valence-electron chi connectivity index (χ2n) is 12.0. The maximum Gasteiger partial charge on any atom is 0.573 e. The van der Waals surface area contributed by atoms with Gasteiger partial charge in [-0.25, -0.2) is 0 Å². The smallest absolute Gasteiger partial charge is 0.406 e. The molecule has 2 fully saturated rings. The molecule has 1 amide bonds. The van der Waals surface area contributed by atoms with Crippen LogP contribution in [-0.2, 0) is 22.8 Å². The van der Waals surface area contributed by atoms with E-state index in [0.717, 1.165) is 36.0 Å². The first kappa shape index (κ1) is 34.5. The van der Waals surface area contributed by atoms with Crippen LogP contribution in [0, 0.1) is 11.8 Å². The highest BCUT2D eigenvalue weighted by Gasteiger charge is 2.51. The lowest BCUT2D eigenvalue weighted by atomic mass is 9.81. The number of hydrogen-bond donors (Lipinski definition) is 2. The van der Waals surface area contributed by atoms with E-state index in [9.17, 15) is 31.1 Å². The van der Waals surface area contributed by atoms with Crippen molar-refractivity contribution in [2.24, 2.45) is 17.6 Å². The number of nitrogens with two attached hydrogens (primary N) is 1. The Labute approximate surface area is 250 Å². The van der Waals surface area contributed by atoms with E-state index >= 15 is 0 Å². The topological polar surface area (TPSA) is 64.3 Å². The molecule has 43 heavy (non-hydrogen) atoms. The van der Waals surface area contributed by atoms with Gasteiger partial charge < -0.3 is 15.8 Å². The molecule has 0 saturated heterocycles. The minimum absolute atomic E-state index is 0.266. The van der Waals surface area contributed by atoms with Gasteiger partial charge in [0, 0.05) is 6.04 Å². The summed E-state index contributed by atoms with van der Waals surface area (Å²) in [4.78, 5) is 13.2. The molecule has 4 atom stereocenters. The molecule has 2 aromatic carbocycles. The minimum atomic E-state index is -4.80. The summed E-state index contributed by atoms with van der Waals surface area (Å²) < 4.78 is 79.7. The van der Waals surface area contributed by atoms with E-state index in [1.165, 1.54) is 55.7 Å². The van der Waals surface area contributed by atoms with Crippen LogP contribution in [0.15, 0.2) is 60.2 Å². The number of carbonyl (C=O) groups is 1. The summed E-state index contributed by atoms with van der Waals surface area (Å²) in [6, 6.07) is 10.1. The Morgan fingerprint density at radius 2 is 1.63 bits per heavy atom. The molecule has 238 valence electrons. The van der Waals surface area contributed by atoms with Gasteiger partial charge in [-0.05, 0) is 92.7 Å². The fourth-order valence-corrected chi connectivity index (χ4v) is 5.48. The number of ether oxygens (including phenoxy) is 1. The predicted octanol–water partition coefficient (Wildman–Crippen LogP) is 8.49. The maximum atomic E-state index is 13.2. The lowest BCUT2D eigenvalue weighted by molar-refractivity contribution is -0.274. The van der Waals surface area contributed by atoms with Crippen LogP contribution in [0.3, 0.4) is 0 Å². The van der Waals surface area contributed by atoms with E-state index in [-0.39, 0.29) is 11.7 Å². The van der Waals surface area contributed by atoms with Gasteiger partial charge in [0.1, 0.15) is 5.75 Å². The number of halogens is 6. The van der Waals surface area contributed by atoms with Crippen molar-refractivity contribution in [3.63, 3.8) is 0 Å². The van der Waals surface area contributed by atoms with Gasteiger partial charge in [-0.2, -0.15) is 13.2 Å². The third-order valence-corrected chi connectivity index (χ3v) is 8.45. The quantitative estimate of drug-likeness (QED) is 0.232. The highest BCUT2D eigenvalue weighted by atomic mass is 19.4. The fourth-order valence-electron chi connectivity index (χ4n) is 5.48. The van der Waals surface area contributed by atoms with Gasteiger partial charge in [-0.15, -0.1) is 13.2 Å². The molecule has 2 saturated carbocycles. The largest absolute Gasteiger partial charge is 0.573 e. The number of carbonyl (C=O) groups excluding carboxylic acids is 1. The molecule has 0 aromatic heterocycles. The molecule has 0 spiro atoms. The molecular weight excluding hydrogens is 570 g/mol. The van der Waals surface area contributed by atoms with Crippen molar-refractivity contribution in [3.8, 4) is 5.75 Å². The van der Waals surface area contributed by atoms with Crippen molar-refractivity contribution in [2.75, 3.05) is 0 Å². The van der Waals surface area contributed by atoms with Crippen LogP contribution >= 0.6 is 0 Å². The van der Waals surface area contributed by atoms with Gasteiger partial charge in [-0.3, -0.25) is 4.79 Å². The number of nitrogens with one attached hydrogen (secondary N) is 1. The van der Waals surface area contributed by atoms with Crippen LogP contribution in [0.4, 0.5) is 26.3 Å². The van der Waals surface area contributed by atoms with E-state index in [1.54, 1.807) is 0 Å². The van der Waals surface area contributed by atoms with Crippen LogP contribution in [0.5, 0.6) is 5.75 Å². The summed E-state index contributed by atoms with van der Waals surface area (Å²) in [7, 11) is 0. The average molecular weight is 613 g/mol. The number of allylic oxidation sites excluding steroid dienone is 1. The first-order valence-electron chi connectivity index (χ1n) is 14.8. The Bertz CT molecular complexity index is 1220. The number of hydrogen-bond acceptors (Lipinski definition) is 3.